The number of anilines is 1. The molecule has 4 rings (SSSR count). The average Bonchev–Trinajstić information content (AvgIpc) is 2.77. The van der Waals surface area contributed by atoms with Gasteiger partial charge in [-0.3, -0.25) is 4.79 Å². The predicted molar refractivity (Wildman–Crippen MR) is 124 cm³/mol. The van der Waals surface area contributed by atoms with Gasteiger partial charge in [0.2, 0.25) is 5.91 Å². The van der Waals surface area contributed by atoms with Crippen molar-refractivity contribution in [1.82, 2.24) is 9.97 Å². The van der Waals surface area contributed by atoms with Crippen molar-refractivity contribution in [2.24, 2.45) is 5.92 Å². The molecule has 0 spiro atoms. The quantitative estimate of drug-likeness (QED) is 0.694. The summed E-state index contributed by atoms with van der Waals surface area (Å²) in [5.41, 5.74) is 6.63. The second-order valence-corrected chi connectivity index (χ2v) is 8.80. The van der Waals surface area contributed by atoms with Crippen LogP contribution in [-0.2, 0) is 28.8 Å². The maximum absolute atomic E-state index is 12.5. The molecule has 31 heavy (non-hydrogen) atoms. The normalized spacial score (nSPS) is 17.5. The number of amides is 1. The standard InChI is InChI=1S/C26H31N3O2/c1-17(2)15-24(30)29-26-23(13-9-18-7-5-4-6-8-18)27-25-21-12-11-20(31-3)16-19(21)10-14-22(25)28-26/h4-8,11-12,17,20H,9-10,13-16H2,1-3H3,(H,28,29,30). The van der Waals surface area contributed by atoms with E-state index in [2.05, 4.69) is 41.7 Å². The first kappa shape index (κ1) is 21.4. The van der Waals surface area contributed by atoms with Gasteiger partial charge in [-0.2, -0.15) is 0 Å². The van der Waals surface area contributed by atoms with E-state index in [9.17, 15) is 4.79 Å². The van der Waals surface area contributed by atoms with Crippen LogP contribution in [0.5, 0.6) is 0 Å². The molecule has 1 N–H and O–H groups in total. The summed E-state index contributed by atoms with van der Waals surface area (Å²) in [5, 5.41) is 3.05. The minimum absolute atomic E-state index is 0.00132. The number of aryl methyl sites for hydroxylation is 3. The first-order valence-corrected chi connectivity index (χ1v) is 11.2. The molecule has 0 fully saturated rings. The van der Waals surface area contributed by atoms with E-state index in [0.717, 1.165) is 49.2 Å². The van der Waals surface area contributed by atoms with Crippen LogP contribution in [0.3, 0.4) is 0 Å². The number of benzene rings is 1. The molecule has 0 radical (unpaired) electrons. The Morgan fingerprint density at radius 1 is 1.16 bits per heavy atom. The minimum atomic E-state index is 0.00132. The van der Waals surface area contributed by atoms with Gasteiger partial charge in [-0.05, 0) is 43.6 Å². The highest BCUT2D eigenvalue weighted by molar-refractivity contribution is 5.90. The van der Waals surface area contributed by atoms with E-state index in [-0.39, 0.29) is 12.0 Å². The predicted octanol–water partition coefficient (Wildman–Crippen LogP) is 4.92. The Bertz CT molecular complexity index is 1010. The molecule has 0 saturated carbocycles. The van der Waals surface area contributed by atoms with Crippen molar-refractivity contribution in [3.63, 3.8) is 0 Å². The summed E-state index contributed by atoms with van der Waals surface area (Å²) in [4.78, 5) is 22.5. The number of ether oxygens (including phenoxy) is 1. The number of aromatic nitrogens is 2. The van der Waals surface area contributed by atoms with E-state index in [1.54, 1.807) is 7.11 Å². The minimum Gasteiger partial charge on any atom is -0.377 e. The number of methoxy groups -OCH3 is 1. The SMILES string of the molecule is COC1C=CC2=C(CCc3nc(NC(=O)CC(C)C)c(CCc4ccccc4)nc32)C1. The second-order valence-electron chi connectivity index (χ2n) is 8.80. The number of fused-ring (bicyclic) bond motifs is 2. The Labute approximate surface area is 184 Å². The monoisotopic (exact) mass is 417 g/mol. The number of carbonyl (C=O) groups is 1. The van der Waals surface area contributed by atoms with Crippen molar-refractivity contribution in [3.8, 4) is 0 Å². The van der Waals surface area contributed by atoms with E-state index in [1.807, 2.05) is 19.9 Å². The first-order valence-electron chi connectivity index (χ1n) is 11.2. The molecule has 1 heterocycles. The molecule has 1 amide bonds. The molecule has 2 aliphatic carbocycles. The van der Waals surface area contributed by atoms with Crippen molar-refractivity contribution in [1.29, 1.82) is 0 Å². The fraction of sp³-hybridized carbons (Fsp3) is 0.423. The molecule has 0 saturated heterocycles. The summed E-state index contributed by atoms with van der Waals surface area (Å²) in [6, 6.07) is 10.4. The number of nitrogens with one attached hydrogen (secondary N) is 1. The number of hydrogen-bond acceptors (Lipinski definition) is 4. The highest BCUT2D eigenvalue weighted by atomic mass is 16.5. The van der Waals surface area contributed by atoms with Gasteiger partial charge in [0.05, 0.1) is 23.2 Å². The van der Waals surface area contributed by atoms with Crippen LogP contribution in [0.25, 0.3) is 5.57 Å². The lowest BCUT2D eigenvalue weighted by molar-refractivity contribution is -0.116. The molecule has 5 heteroatoms. The van der Waals surface area contributed by atoms with Crippen molar-refractivity contribution in [2.45, 2.75) is 58.5 Å². The molecule has 2 aliphatic rings. The van der Waals surface area contributed by atoms with Crippen LogP contribution in [-0.4, -0.2) is 29.1 Å². The van der Waals surface area contributed by atoms with Crippen molar-refractivity contribution >= 4 is 17.3 Å². The number of allylic oxidation sites excluding steroid dienone is 2. The van der Waals surface area contributed by atoms with Crippen molar-refractivity contribution < 1.29 is 9.53 Å². The van der Waals surface area contributed by atoms with Crippen LogP contribution in [0.2, 0.25) is 0 Å². The van der Waals surface area contributed by atoms with E-state index in [0.29, 0.717) is 18.2 Å². The summed E-state index contributed by atoms with van der Waals surface area (Å²) in [6.45, 7) is 4.09. The lowest BCUT2D eigenvalue weighted by atomic mass is 9.85. The summed E-state index contributed by atoms with van der Waals surface area (Å²) in [6.07, 6.45) is 9.17. The van der Waals surface area contributed by atoms with Gasteiger partial charge in [-0.1, -0.05) is 61.9 Å². The summed E-state index contributed by atoms with van der Waals surface area (Å²) >= 11 is 0. The van der Waals surface area contributed by atoms with Crippen LogP contribution in [0, 0.1) is 5.92 Å². The Morgan fingerprint density at radius 2 is 1.97 bits per heavy atom. The maximum atomic E-state index is 12.5. The van der Waals surface area contributed by atoms with Gasteiger partial charge in [0.15, 0.2) is 5.82 Å². The van der Waals surface area contributed by atoms with Gasteiger partial charge in [0, 0.05) is 19.1 Å². The van der Waals surface area contributed by atoms with Gasteiger partial charge in [0.25, 0.3) is 0 Å². The molecule has 1 unspecified atom stereocenters. The third-order valence-electron chi connectivity index (χ3n) is 5.91. The topological polar surface area (TPSA) is 64.1 Å². The zero-order valence-corrected chi connectivity index (χ0v) is 18.6. The van der Waals surface area contributed by atoms with Crippen LogP contribution in [0.1, 0.15) is 55.8 Å². The Balaban J connectivity index is 1.66. The molecule has 5 nitrogen and oxygen atoms in total. The Kier molecular flexibility index (Phi) is 6.62. The van der Waals surface area contributed by atoms with Crippen LogP contribution in [0.4, 0.5) is 5.82 Å². The largest absolute Gasteiger partial charge is 0.377 e. The maximum Gasteiger partial charge on any atom is 0.225 e. The fourth-order valence-corrected chi connectivity index (χ4v) is 4.29. The third kappa shape index (κ3) is 5.10. The molecular formula is C26H31N3O2. The molecular weight excluding hydrogens is 386 g/mol. The zero-order valence-electron chi connectivity index (χ0n) is 18.6. The van der Waals surface area contributed by atoms with Crippen molar-refractivity contribution in [2.75, 3.05) is 12.4 Å². The number of nitrogens with zero attached hydrogens (tertiary/aromatic N) is 2. The van der Waals surface area contributed by atoms with Gasteiger partial charge in [0.1, 0.15) is 0 Å². The molecule has 162 valence electrons. The molecule has 2 aromatic rings. The molecule has 1 aromatic carbocycles. The third-order valence-corrected chi connectivity index (χ3v) is 5.91. The van der Waals surface area contributed by atoms with Gasteiger partial charge >= 0.3 is 0 Å². The first-order chi connectivity index (χ1) is 15.0. The average molecular weight is 418 g/mol. The van der Waals surface area contributed by atoms with E-state index in [4.69, 9.17) is 14.7 Å². The van der Waals surface area contributed by atoms with Gasteiger partial charge < -0.3 is 10.1 Å². The summed E-state index contributed by atoms with van der Waals surface area (Å²) in [7, 11) is 1.75. The Morgan fingerprint density at radius 3 is 2.71 bits per heavy atom. The molecule has 0 bridgehead atoms. The van der Waals surface area contributed by atoms with E-state index >= 15 is 0 Å². The molecule has 1 atom stereocenters. The smallest absolute Gasteiger partial charge is 0.225 e. The van der Waals surface area contributed by atoms with Crippen LogP contribution in [0.15, 0.2) is 48.1 Å². The van der Waals surface area contributed by atoms with Crippen molar-refractivity contribution in [3.05, 3.63) is 70.7 Å². The summed E-state index contributed by atoms with van der Waals surface area (Å²) in [5.74, 6) is 0.924. The fourth-order valence-electron chi connectivity index (χ4n) is 4.29. The highest BCUT2D eigenvalue weighted by Gasteiger charge is 2.26. The second kappa shape index (κ2) is 9.56. The lowest BCUT2D eigenvalue weighted by Gasteiger charge is -2.27. The Hall–Kier alpha value is -2.79. The highest BCUT2D eigenvalue weighted by Crippen LogP contribution is 2.37. The molecule has 1 aromatic heterocycles. The van der Waals surface area contributed by atoms with Gasteiger partial charge in [-0.25, -0.2) is 9.97 Å². The number of carbonyl (C=O) groups excluding carboxylic acids is 1. The number of hydrogen-bond donors (Lipinski definition) is 1. The number of rotatable bonds is 7. The van der Waals surface area contributed by atoms with Gasteiger partial charge in [-0.15, -0.1) is 0 Å². The van der Waals surface area contributed by atoms with Crippen LogP contribution >= 0.6 is 0 Å². The molecule has 0 aliphatic heterocycles. The summed E-state index contributed by atoms with van der Waals surface area (Å²) < 4.78 is 5.53. The van der Waals surface area contributed by atoms with E-state index in [1.165, 1.54) is 16.7 Å². The van der Waals surface area contributed by atoms with Crippen LogP contribution < -0.4 is 5.32 Å². The zero-order chi connectivity index (χ0) is 21.8. The lowest BCUT2D eigenvalue weighted by Crippen LogP contribution is -2.21. The van der Waals surface area contributed by atoms with E-state index < -0.39 is 0 Å².